The molecule has 0 bridgehead atoms. The molecule has 2 rings (SSSR count). The van der Waals surface area contributed by atoms with E-state index >= 15 is 0 Å². The van der Waals surface area contributed by atoms with Crippen LogP contribution in [0.5, 0.6) is 5.75 Å². The maximum Gasteiger partial charge on any atom is 0.387 e. The Hall–Kier alpha value is -2.26. The number of aromatic nitrogens is 3. The SMILES string of the molecule is Cc1c(C(=O)N[C@@H](C)CN)nnn1-c1ccc(OC(F)F)cc1.Cl. The van der Waals surface area contributed by atoms with Gasteiger partial charge in [-0.2, -0.15) is 8.78 Å². The summed E-state index contributed by atoms with van der Waals surface area (Å²) in [6.45, 7) is 0.893. The minimum absolute atomic E-state index is 0. The van der Waals surface area contributed by atoms with Crippen LogP contribution in [0.4, 0.5) is 8.78 Å². The van der Waals surface area contributed by atoms with Crippen LogP contribution in [0.15, 0.2) is 24.3 Å². The maximum absolute atomic E-state index is 12.1. The Morgan fingerprint density at radius 2 is 2.00 bits per heavy atom. The number of amides is 1. The van der Waals surface area contributed by atoms with Crippen LogP contribution in [-0.4, -0.2) is 40.1 Å². The van der Waals surface area contributed by atoms with E-state index < -0.39 is 6.61 Å². The lowest BCUT2D eigenvalue weighted by atomic mass is 10.2. The van der Waals surface area contributed by atoms with E-state index in [1.807, 2.05) is 0 Å². The van der Waals surface area contributed by atoms with E-state index in [2.05, 4.69) is 20.4 Å². The molecule has 0 aliphatic heterocycles. The number of alkyl halides is 2. The Morgan fingerprint density at radius 1 is 1.38 bits per heavy atom. The minimum atomic E-state index is -2.88. The summed E-state index contributed by atoms with van der Waals surface area (Å²) in [5.41, 5.74) is 6.73. The molecule has 1 amide bonds. The lowest BCUT2D eigenvalue weighted by Crippen LogP contribution is -2.38. The van der Waals surface area contributed by atoms with Crippen LogP contribution in [0.25, 0.3) is 5.69 Å². The molecule has 7 nitrogen and oxygen atoms in total. The summed E-state index contributed by atoms with van der Waals surface area (Å²) in [4.78, 5) is 12.1. The van der Waals surface area contributed by atoms with E-state index in [0.29, 0.717) is 17.9 Å². The lowest BCUT2D eigenvalue weighted by Gasteiger charge is -2.10. The molecule has 0 radical (unpaired) electrons. The summed E-state index contributed by atoms with van der Waals surface area (Å²) in [7, 11) is 0. The molecule has 1 heterocycles. The summed E-state index contributed by atoms with van der Waals surface area (Å²) in [5.74, 6) is -0.333. The predicted octanol–water partition coefficient (Wildman–Crippen LogP) is 1.68. The van der Waals surface area contributed by atoms with Gasteiger partial charge in [0.15, 0.2) is 5.69 Å². The Labute approximate surface area is 143 Å². The van der Waals surface area contributed by atoms with Gasteiger partial charge in [-0.3, -0.25) is 4.79 Å². The van der Waals surface area contributed by atoms with Gasteiger partial charge in [-0.1, -0.05) is 5.21 Å². The normalized spacial score (nSPS) is 11.8. The van der Waals surface area contributed by atoms with Crippen LogP contribution in [0.1, 0.15) is 23.1 Å². The molecular weight excluding hydrogens is 344 g/mol. The van der Waals surface area contributed by atoms with Crippen molar-refractivity contribution in [2.45, 2.75) is 26.5 Å². The number of carbonyl (C=O) groups is 1. The van der Waals surface area contributed by atoms with Gasteiger partial charge in [-0.05, 0) is 38.1 Å². The van der Waals surface area contributed by atoms with E-state index in [1.54, 1.807) is 26.0 Å². The number of hydrogen-bond donors (Lipinski definition) is 2. The van der Waals surface area contributed by atoms with Crippen molar-refractivity contribution in [3.63, 3.8) is 0 Å². The van der Waals surface area contributed by atoms with Gasteiger partial charge in [-0.15, -0.1) is 17.5 Å². The Kier molecular flexibility index (Phi) is 7.05. The van der Waals surface area contributed by atoms with Crippen LogP contribution in [0, 0.1) is 6.92 Å². The second-order valence-corrected chi connectivity index (χ2v) is 4.92. The highest BCUT2D eigenvalue weighted by atomic mass is 35.5. The molecule has 0 saturated carbocycles. The fraction of sp³-hybridized carbons (Fsp3) is 0.357. The molecule has 0 aliphatic carbocycles. The van der Waals surface area contributed by atoms with Crippen LogP contribution in [0.2, 0.25) is 0 Å². The van der Waals surface area contributed by atoms with Gasteiger partial charge in [0.1, 0.15) is 5.75 Å². The van der Waals surface area contributed by atoms with Gasteiger partial charge < -0.3 is 15.8 Å². The number of nitrogens with two attached hydrogens (primary N) is 1. The fourth-order valence-electron chi connectivity index (χ4n) is 1.90. The van der Waals surface area contributed by atoms with Gasteiger partial charge in [-0.25, -0.2) is 4.68 Å². The highest BCUT2D eigenvalue weighted by Gasteiger charge is 2.18. The summed E-state index contributed by atoms with van der Waals surface area (Å²) < 4.78 is 30.0. The molecule has 24 heavy (non-hydrogen) atoms. The van der Waals surface area contributed by atoms with Crippen molar-refractivity contribution in [2.24, 2.45) is 5.73 Å². The fourth-order valence-corrected chi connectivity index (χ4v) is 1.90. The summed E-state index contributed by atoms with van der Waals surface area (Å²) >= 11 is 0. The van der Waals surface area contributed by atoms with E-state index in [9.17, 15) is 13.6 Å². The molecule has 132 valence electrons. The van der Waals surface area contributed by atoms with Crippen LogP contribution in [-0.2, 0) is 0 Å². The average molecular weight is 362 g/mol. The van der Waals surface area contributed by atoms with Crippen molar-refractivity contribution in [1.29, 1.82) is 0 Å². The van der Waals surface area contributed by atoms with Gasteiger partial charge in [0.25, 0.3) is 5.91 Å². The lowest BCUT2D eigenvalue weighted by molar-refractivity contribution is -0.0498. The molecule has 0 unspecified atom stereocenters. The summed E-state index contributed by atoms with van der Waals surface area (Å²) in [5, 5.41) is 10.5. The maximum atomic E-state index is 12.1. The molecule has 1 aromatic heterocycles. The molecule has 0 saturated heterocycles. The first kappa shape index (κ1) is 19.8. The van der Waals surface area contributed by atoms with Crippen LogP contribution < -0.4 is 15.8 Å². The van der Waals surface area contributed by atoms with Crippen LogP contribution >= 0.6 is 12.4 Å². The van der Waals surface area contributed by atoms with Crippen molar-refractivity contribution < 1.29 is 18.3 Å². The molecule has 3 N–H and O–H groups in total. The third kappa shape index (κ3) is 4.62. The first-order valence-corrected chi connectivity index (χ1v) is 6.91. The smallest absolute Gasteiger partial charge is 0.387 e. The number of rotatable bonds is 6. The Morgan fingerprint density at radius 3 is 2.54 bits per heavy atom. The van der Waals surface area contributed by atoms with Crippen molar-refractivity contribution in [2.75, 3.05) is 6.54 Å². The number of nitrogens with zero attached hydrogens (tertiary/aromatic N) is 3. The molecule has 10 heteroatoms. The number of ether oxygens (including phenoxy) is 1. The predicted molar refractivity (Wildman–Crippen MR) is 86.0 cm³/mol. The second-order valence-electron chi connectivity index (χ2n) is 4.92. The van der Waals surface area contributed by atoms with E-state index in [1.165, 1.54) is 16.8 Å². The minimum Gasteiger partial charge on any atom is -0.435 e. The largest absolute Gasteiger partial charge is 0.435 e. The highest BCUT2D eigenvalue weighted by molar-refractivity contribution is 5.93. The molecular formula is C14H18ClF2N5O2. The number of benzene rings is 1. The van der Waals surface area contributed by atoms with Gasteiger partial charge in [0.05, 0.1) is 11.4 Å². The third-order valence-electron chi connectivity index (χ3n) is 3.15. The van der Waals surface area contributed by atoms with Gasteiger partial charge in [0, 0.05) is 12.6 Å². The molecule has 0 aliphatic rings. The summed E-state index contributed by atoms with van der Waals surface area (Å²) in [6.07, 6.45) is 0. The highest BCUT2D eigenvalue weighted by Crippen LogP contribution is 2.18. The number of halogens is 3. The molecule has 2 aromatic rings. The van der Waals surface area contributed by atoms with Crippen molar-refractivity contribution in [3.05, 3.63) is 35.7 Å². The Bertz CT molecular complexity index is 678. The Balaban J connectivity index is 0.00000288. The first-order valence-electron chi connectivity index (χ1n) is 6.91. The standard InChI is InChI=1S/C14H17F2N5O2.ClH/c1-8(7-17)18-13(22)12-9(2)21(20-19-12)10-3-5-11(6-4-10)23-14(15)16;/h3-6,8,14H,7,17H2,1-2H3,(H,18,22);1H/t8-;/m0./s1. The number of hydrogen-bond acceptors (Lipinski definition) is 5. The molecule has 0 spiro atoms. The van der Waals surface area contributed by atoms with Gasteiger partial charge >= 0.3 is 6.61 Å². The van der Waals surface area contributed by atoms with Crippen molar-refractivity contribution in [1.82, 2.24) is 20.3 Å². The number of carbonyl (C=O) groups excluding carboxylic acids is 1. The molecule has 0 fully saturated rings. The monoisotopic (exact) mass is 361 g/mol. The quantitative estimate of drug-likeness (QED) is 0.816. The topological polar surface area (TPSA) is 95.1 Å². The average Bonchev–Trinajstić information content (AvgIpc) is 2.89. The third-order valence-corrected chi connectivity index (χ3v) is 3.15. The van der Waals surface area contributed by atoms with E-state index in [4.69, 9.17) is 5.73 Å². The van der Waals surface area contributed by atoms with E-state index in [0.717, 1.165) is 0 Å². The van der Waals surface area contributed by atoms with Crippen LogP contribution in [0.3, 0.4) is 0 Å². The zero-order valence-electron chi connectivity index (χ0n) is 13.1. The molecule has 1 aromatic carbocycles. The second kappa shape index (κ2) is 8.55. The van der Waals surface area contributed by atoms with Gasteiger partial charge in [0.2, 0.25) is 0 Å². The van der Waals surface area contributed by atoms with Crippen molar-refractivity contribution >= 4 is 18.3 Å². The first-order chi connectivity index (χ1) is 10.9. The summed E-state index contributed by atoms with van der Waals surface area (Å²) in [6, 6.07) is 5.68. The van der Waals surface area contributed by atoms with E-state index in [-0.39, 0.29) is 35.8 Å². The molecule has 1 atom stereocenters. The zero-order chi connectivity index (χ0) is 17.0. The number of nitrogens with one attached hydrogen (secondary N) is 1. The zero-order valence-corrected chi connectivity index (χ0v) is 13.9. The van der Waals surface area contributed by atoms with Crippen molar-refractivity contribution in [3.8, 4) is 11.4 Å².